The highest BCUT2D eigenvalue weighted by Gasteiger charge is 2.34. The number of hydrogen-bond acceptors (Lipinski definition) is 3. The van der Waals surface area contributed by atoms with Gasteiger partial charge in [-0.25, -0.2) is 0 Å². The molecule has 1 saturated carbocycles. The van der Waals surface area contributed by atoms with E-state index in [9.17, 15) is 4.79 Å². The highest BCUT2D eigenvalue weighted by Crippen LogP contribution is 2.32. The first kappa shape index (κ1) is 19.6. The van der Waals surface area contributed by atoms with E-state index >= 15 is 0 Å². The van der Waals surface area contributed by atoms with Crippen molar-refractivity contribution < 1.29 is 9.53 Å². The van der Waals surface area contributed by atoms with Crippen molar-refractivity contribution in [2.24, 2.45) is 5.92 Å². The molecule has 1 aliphatic carbocycles. The second-order valence-corrected chi connectivity index (χ2v) is 7.56. The Morgan fingerprint density at radius 2 is 1.56 bits per heavy atom. The summed E-state index contributed by atoms with van der Waals surface area (Å²) in [5.74, 6) is 0.0613. The van der Waals surface area contributed by atoms with Gasteiger partial charge >= 0.3 is 5.97 Å². The van der Waals surface area contributed by atoms with Crippen LogP contribution in [0, 0.1) is 5.92 Å². The number of ether oxygens (including phenoxy) is 1. The standard InChI is InChI=1S/C24H31NO2/c1-2-3-16-27-24(26)22-14-15-23(17-22)25(18-20-10-6-4-7-11-20)19-21-12-8-5-9-13-21/h4-13,22-23H,2-3,14-19H2,1H3/t22-,23-/m1/s1. The molecule has 2 aromatic rings. The SMILES string of the molecule is CCCCOC(=O)[C@@H]1CC[C@@H](N(Cc2ccccc2)Cc2ccccc2)C1. The number of nitrogens with zero attached hydrogens (tertiary/aromatic N) is 1. The van der Waals surface area contributed by atoms with Crippen molar-refractivity contribution in [2.45, 2.75) is 58.2 Å². The number of benzene rings is 2. The number of hydrogen-bond donors (Lipinski definition) is 0. The molecule has 27 heavy (non-hydrogen) atoms. The first-order chi connectivity index (χ1) is 13.3. The topological polar surface area (TPSA) is 29.5 Å². The molecular formula is C24H31NO2. The van der Waals surface area contributed by atoms with Gasteiger partial charge in [-0.15, -0.1) is 0 Å². The van der Waals surface area contributed by atoms with E-state index in [1.807, 2.05) is 0 Å². The van der Waals surface area contributed by atoms with Crippen LogP contribution >= 0.6 is 0 Å². The smallest absolute Gasteiger partial charge is 0.308 e. The van der Waals surface area contributed by atoms with Crippen molar-refractivity contribution in [2.75, 3.05) is 6.61 Å². The Balaban J connectivity index is 1.64. The lowest BCUT2D eigenvalue weighted by Crippen LogP contribution is -2.33. The van der Waals surface area contributed by atoms with Crippen molar-refractivity contribution in [3.05, 3.63) is 71.8 Å². The fraction of sp³-hybridized carbons (Fsp3) is 0.458. The molecule has 1 fully saturated rings. The van der Waals surface area contributed by atoms with E-state index < -0.39 is 0 Å². The molecule has 0 amide bonds. The van der Waals surface area contributed by atoms with Crippen molar-refractivity contribution in [3.8, 4) is 0 Å². The normalized spacial score (nSPS) is 19.3. The van der Waals surface area contributed by atoms with Crippen molar-refractivity contribution in [3.63, 3.8) is 0 Å². The summed E-state index contributed by atoms with van der Waals surface area (Å²) in [5, 5.41) is 0. The summed E-state index contributed by atoms with van der Waals surface area (Å²) in [6, 6.07) is 21.7. The zero-order valence-corrected chi connectivity index (χ0v) is 16.3. The van der Waals surface area contributed by atoms with Crippen LogP contribution in [0.25, 0.3) is 0 Å². The molecular weight excluding hydrogens is 334 g/mol. The molecule has 2 aromatic carbocycles. The molecule has 0 spiro atoms. The van der Waals surface area contributed by atoms with Gasteiger partial charge in [-0.1, -0.05) is 74.0 Å². The average Bonchev–Trinajstić information content (AvgIpc) is 3.20. The van der Waals surface area contributed by atoms with Gasteiger partial charge in [0.1, 0.15) is 0 Å². The summed E-state index contributed by atoms with van der Waals surface area (Å²) < 4.78 is 5.47. The Kier molecular flexibility index (Phi) is 7.46. The minimum absolute atomic E-state index is 0.00493. The van der Waals surface area contributed by atoms with E-state index in [2.05, 4.69) is 72.5 Å². The maximum atomic E-state index is 12.4. The van der Waals surface area contributed by atoms with Crippen LogP contribution < -0.4 is 0 Å². The van der Waals surface area contributed by atoms with Crippen LogP contribution in [-0.2, 0) is 22.6 Å². The number of esters is 1. The molecule has 2 atom stereocenters. The van der Waals surface area contributed by atoms with Crippen LogP contribution in [0.3, 0.4) is 0 Å². The molecule has 0 heterocycles. The molecule has 3 heteroatoms. The minimum Gasteiger partial charge on any atom is -0.465 e. The number of carbonyl (C=O) groups is 1. The zero-order valence-electron chi connectivity index (χ0n) is 16.3. The van der Waals surface area contributed by atoms with Crippen LogP contribution in [0.15, 0.2) is 60.7 Å². The predicted octanol–water partition coefficient (Wildman–Crippen LogP) is 5.20. The monoisotopic (exact) mass is 365 g/mol. The summed E-state index contributed by atoms with van der Waals surface area (Å²) in [7, 11) is 0. The fourth-order valence-electron chi connectivity index (χ4n) is 3.89. The Bertz CT molecular complexity index is 645. The zero-order chi connectivity index (χ0) is 18.9. The number of unbranched alkanes of at least 4 members (excludes halogenated alkanes) is 1. The largest absolute Gasteiger partial charge is 0.465 e. The quantitative estimate of drug-likeness (QED) is 0.452. The second-order valence-electron chi connectivity index (χ2n) is 7.56. The first-order valence-electron chi connectivity index (χ1n) is 10.2. The lowest BCUT2D eigenvalue weighted by atomic mass is 10.1. The van der Waals surface area contributed by atoms with Crippen LogP contribution in [0.5, 0.6) is 0 Å². The first-order valence-corrected chi connectivity index (χ1v) is 10.2. The van der Waals surface area contributed by atoms with Crippen LogP contribution in [-0.4, -0.2) is 23.5 Å². The molecule has 1 aliphatic rings. The third kappa shape index (κ3) is 5.93. The molecule has 0 aliphatic heterocycles. The third-order valence-electron chi connectivity index (χ3n) is 5.45. The lowest BCUT2D eigenvalue weighted by Gasteiger charge is -2.29. The third-order valence-corrected chi connectivity index (χ3v) is 5.45. The Hall–Kier alpha value is -2.13. The molecule has 3 nitrogen and oxygen atoms in total. The van der Waals surface area contributed by atoms with E-state index in [-0.39, 0.29) is 11.9 Å². The Morgan fingerprint density at radius 1 is 0.963 bits per heavy atom. The highest BCUT2D eigenvalue weighted by molar-refractivity contribution is 5.72. The van der Waals surface area contributed by atoms with Gasteiger partial charge in [0.05, 0.1) is 12.5 Å². The predicted molar refractivity (Wildman–Crippen MR) is 109 cm³/mol. The van der Waals surface area contributed by atoms with Gasteiger partial charge in [0.2, 0.25) is 0 Å². The second kappa shape index (κ2) is 10.3. The van der Waals surface area contributed by atoms with Gasteiger partial charge in [-0.3, -0.25) is 9.69 Å². The van der Waals surface area contributed by atoms with E-state index in [0.717, 1.165) is 45.2 Å². The lowest BCUT2D eigenvalue weighted by molar-refractivity contribution is -0.148. The highest BCUT2D eigenvalue weighted by atomic mass is 16.5. The molecule has 0 bridgehead atoms. The Labute approximate surface area is 163 Å². The maximum Gasteiger partial charge on any atom is 0.308 e. The van der Waals surface area contributed by atoms with Crippen LogP contribution in [0.1, 0.15) is 50.2 Å². The molecule has 0 unspecified atom stereocenters. The molecule has 0 aromatic heterocycles. The summed E-state index contributed by atoms with van der Waals surface area (Å²) in [4.78, 5) is 14.9. The molecule has 144 valence electrons. The average molecular weight is 366 g/mol. The number of carbonyl (C=O) groups excluding carboxylic acids is 1. The van der Waals surface area contributed by atoms with Gasteiger partial charge < -0.3 is 4.74 Å². The summed E-state index contributed by atoms with van der Waals surface area (Å²) in [5.41, 5.74) is 2.64. The van der Waals surface area contributed by atoms with Gasteiger partial charge in [-0.05, 0) is 36.8 Å². The Morgan fingerprint density at radius 3 is 2.11 bits per heavy atom. The number of rotatable bonds is 9. The van der Waals surface area contributed by atoms with Crippen molar-refractivity contribution >= 4 is 5.97 Å². The molecule has 0 radical (unpaired) electrons. The van der Waals surface area contributed by atoms with E-state index in [0.29, 0.717) is 12.6 Å². The van der Waals surface area contributed by atoms with E-state index in [4.69, 9.17) is 4.74 Å². The van der Waals surface area contributed by atoms with E-state index in [1.165, 1.54) is 11.1 Å². The minimum atomic E-state index is 0.00493. The van der Waals surface area contributed by atoms with Crippen molar-refractivity contribution in [1.29, 1.82) is 0 Å². The van der Waals surface area contributed by atoms with Gasteiger partial charge in [-0.2, -0.15) is 0 Å². The molecule has 3 rings (SSSR count). The van der Waals surface area contributed by atoms with Crippen LogP contribution in [0.4, 0.5) is 0 Å². The summed E-state index contributed by atoms with van der Waals surface area (Å²) >= 11 is 0. The van der Waals surface area contributed by atoms with Gasteiger partial charge in [0.25, 0.3) is 0 Å². The van der Waals surface area contributed by atoms with Gasteiger partial charge in [0.15, 0.2) is 0 Å². The summed E-state index contributed by atoms with van der Waals surface area (Å²) in [6.45, 7) is 4.51. The summed E-state index contributed by atoms with van der Waals surface area (Å²) in [6.07, 6.45) is 4.92. The molecule has 0 N–H and O–H groups in total. The van der Waals surface area contributed by atoms with Crippen molar-refractivity contribution in [1.82, 2.24) is 4.90 Å². The van der Waals surface area contributed by atoms with Gasteiger partial charge in [0, 0.05) is 19.1 Å². The molecule has 0 saturated heterocycles. The van der Waals surface area contributed by atoms with Crippen LogP contribution in [0.2, 0.25) is 0 Å². The van der Waals surface area contributed by atoms with E-state index in [1.54, 1.807) is 0 Å². The fourth-order valence-corrected chi connectivity index (χ4v) is 3.89. The maximum absolute atomic E-state index is 12.4.